The van der Waals surface area contributed by atoms with Crippen LogP contribution in [0.2, 0.25) is 0 Å². The number of aryl methyl sites for hydroxylation is 1. The summed E-state index contributed by atoms with van der Waals surface area (Å²) < 4.78 is 4.33. The van der Waals surface area contributed by atoms with E-state index in [1.165, 1.54) is 0 Å². The molecular formula is C12H16N2O4. The zero-order chi connectivity index (χ0) is 13.7. The topological polar surface area (TPSA) is 102 Å². The van der Waals surface area contributed by atoms with Crippen molar-refractivity contribution in [3.63, 3.8) is 0 Å². The van der Waals surface area contributed by atoms with Crippen molar-refractivity contribution in [2.24, 2.45) is 0 Å². The van der Waals surface area contributed by atoms with Gasteiger partial charge in [-0.1, -0.05) is 11.6 Å². The van der Waals surface area contributed by atoms with Gasteiger partial charge in [-0.25, -0.2) is 4.79 Å². The molecule has 0 saturated heterocycles. The number of aliphatic hydroxyl groups is 1. The minimum Gasteiger partial charge on any atom is -0.467 e. The number of anilines is 1. The number of carbonyl (C=O) groups excluding carboxylic acids is 2. The van der Waals surface area contributed by atoms with Crippen molar-refractivity contribution in [3.8, 4) is 0 Å². The molecular weight excluding hydrogens is 236 g/mol. The Kier molecular flexibility index (Phi) is 4.67. The fourth-order valence-corrected chi connectivity index (χ4v) is 1.37. The van der Waals surface area contributed by atoms with Crippen LogP contribution in [0.1, 0.15) is 15.9 Å². The highest BCUT2D eigenvalue weighted by Crippen LogP contribution is 2.13. The maximum Gasteiger partial charge on any atom is 0.336 e. The molecule has 6 nitrogen and oxygen atoms in total. The molecule has 1 aromatic carbocycles. The van der Waals surface area contributed by atoms with Crippen LogP contribution in [0.5, 0.6) is 0 Å². The number of amides is 1. The van der Waals surface area contributed by atoms with Crippen LogP contribution in [0.4, 0.5) is 5.69 Å². The number of nitrogen functional groups attached to an aromatic ring is 1. The predicted octanol–water partition coefficient (Wildman–Crippen LogP) is -0.159. The number of ether oxygens (including phenoxy) is 1. The first kappa shape index (κ1) is 14.0. The van der Waals surface area contributed by atoms with Crippen LogP contribution in [-0.4, -0.2) is 36.7 Å². The van der Waals surface area contributed by atoms with Crippen LogP contribution >= 0.6 is 0 Å². The smallest absolute Gasteiger partial charge is 0.336 e. The summed E-state index contributed by atoms with van der Waals surface area (Å²) in [5, 5.41) is 11.7. The molecule has 0 bridgehead atoms. The third-order valence-electron chi connectivity index (χ3n) is 2.38. The lowest BCUT2D eigenvalue weighted by Gasteiger charge is -2.11. The number of aliphatic hydroxyl groups excluding tert-OH is 1. The normalized spacial score (nSPS) is 11.7. The number of nitrogens with one attached hydrogen (secondary N) is 1. The van der Waals surface area contributed by atoms with Crippen molar-refractivity contribution in [3.05, 3.63) is 29.3 Å². The van der Waals surface area contributed by atoms with Gasteiger partial charge in [0.2, 0.25) is 0 Å². The molecule has 1 aromatic rings. The molecule has 18 heavy (non-hydrogen) atoms. The van der Waals surface area contributed by atoms with Gasteiger partial charge >= 0.3 is 5.97 Å². The van der Waals surface area contributed by atoms with Crippen LogP contribution in [0.25, 0.3) is 0 Å². The molecule has 0 aliphatic carbocycles. The zero-order valence-electron chi connectivity index (χ0n) is 10.3. The number of carbonyl (C=O) groups is 2. The summed E-state index contributed by atoms with van der Waals surface area (Å²) in [6.07, 6.45) is -1.38. The molecule has 0 heterocycles. The Labute approximate surface area is 105 Å². The van der Waals surface area contributed by atoms with E-state index >= 15 is 0 Å². The Morgan fingerprint density at radius 3 is 2.78 bits per heavy atom. The van der Waals surface area contributed by atoms with Gasteiger partial charge in [0.25, 0.3) is 5.91 Å². The Bertz CT molecular complexity index is 459. The molecule has 0 aliphatic heterocycles. The maximum atomic E-state index is 11.8. The second-order valence-electron chi connectivity index (χ2n) is 3.84. The van der Waals surface area contributed by atoms with E-state index in [-0.39, 0.29) is 6.54 Å². The Morgan fingerprint density at radius 2 is 2.17 bits per heavy atom. The van der Waals surface area contributed by atoms with E-state index in [1.54, 1.807) is 18.2 Å². The van der Waals surface area contributed by atoms with Gasteiger partial charge in [0.15, 0.2) is 6.10 Å². The summed E-state index contributed by atoms with van der Waals surface area (Å²) in [5.74, 6) is -1.24. The van der Waals surface area contributed by atoms with Gasteiger partial charge < -0.3 is 20.9 Å². The Morgan fingerprint density at radius 1 is 1.50 bits per heavy atom. The second kappa shape index (κ2) is 6.02. The second-order valence-corrected chi connectivity index (χ2v) is 3.84. The summed E-state index contributed by atoms with van der Waals surface area (Å²) in [6.45, 7) is 1.61. The molecule has 1 unspecified atom stereocenters. The van der Waals surface area contributed by atoms with Crippen LogP contribution in [0, 0.1) is 6.92 Å². The SMILES string of the molecule is COC(=O)C(O)CNC(=O)c1cc(C)ccc1N. The molecule has 0 spiro atoms. The van der Waals surface area contributed by atoms with Gasteiger partial charge in [-0.3, -0.25) is 4.79 Å². The van der Waals surface area contributed by atoms with Crippen LogP contribution in [0.3, 0.4) is 0 Å². The molecule has 1 atom stereocenters. The minimum atomic E-state index is -1.38. The summed E-state index contributed by atoms with van der Waals surface area (Å²) in [5.41, 5.74) is 7.21. The largest absolute Gasteiger partial charge is 0.467 e. The molecule has 0 saturated carbocycles. The summed E-state index contributed by atoms with van der Waals surface area (Å²) in [7, 11) is 1.16. The van der Waals surface area contributed by atoms with Crippen molar-refractivity contribution in [1.82, 2.24) is 5.32 Å². The predicted molar refractivity (Wildman–Crippen MR) is 65.9 cm³/mol. The lowest BCUT2D eigenvalue weighted by molar-refractivity contribution is -0.149. The molecule has 0 aromatic heterocycles. The average Bonchev–Trinajstić information content (AvgIpc) is 2.37. The first-order valence-corrected chi connectivity index (χ1v) is 5.36. The van der Waals surface area contributed by atoms with Crippen LogP contribution in [0.15, 0.2) is 18.2 Å². The highest BCUT2D eigenvalue weighted by Gasteiger charge is 2.17. The number of rotatable bonds is 4. The third kappa shape index (κ3) is 3.46. The van der Waals surface area contributed by atoms with Crippen molar-refractivity contribution < 1.29 is 19.4 Å². The lowest BCUT2D eigenvalue weighted by atomic mass is 10.1. The molecule has 98 valence electrons. The maximum absolute atomic E-state index is 11.8. The van der Waals surface area contributed by atoms with E-state index in [1.807, 2.05) is 6.92 Å². The quantitative estimate of drug-likeness (QED) is 0.510. The van der Waals surface area contributed by atoms with Gasteiger partial charge in [-0.15, -0.1) is 0 Å². The number of esters is 1. The first-order valence-electron chi connectivity index (χ1n) is 5.36. The Balaban J connectivity index is 2.66. The highest BCUT2D eigenvalue weighted by molar-refractivity contribution is 5.99. The summed E-state index contributed by atoms with van der Waals surface area (Å²) in [4.78, 5) is 22.7. The molecule has 4 N–H and O–H groups in total. The fourth-order valence-electron chi connectivity index (χ4n) is 1.37. The van der Waals surface area contributed by atoms with Gasteiger partial charge in [-0.05, 0) is 19.1 Å². The highest BCUT2D eigenvalue weighted by atomic mass is 16.5. The van der Waals surface area contributed by atoms with Crippen molar-refractivity contribution in [2.45, 2.75) is 13.0 Å². The van der Waals surface area contributed by atoms with E-state index in [0.717, 1.165) is 12.7 Å². The number of hydrogen-bond acceptors (Lipinski definition) is 5. The van der Waals surface area contributed by atoms with E-state index in [4.69, 9.17) is 5.73 Å². The van der Waals surface area contributed by atoms with E-state index < -0.39 is 18.0 Å². The minimum absolute atomic E-state index is 0.223. The monoisotopic (exact) mass is 252 g/mol. The van der Waals surface area contributed by atoms with Crippen LogP contribution in [-0.2, 0) is 9.53 Å². The molecule has 6 heteroatoms. The number of methoxy groups -OCH3 is 1. The van der Waals surface area contributed by atoms with Gasteiger partial charge in [-0.2, -0.15) is 0 Å². The Hall–Kier alpha value is -2.08. The van der Waals surface area contributed by atoms with E-state index in [0.29, 0.717) is 11.3 Å². The molecule has 1 amide bonds. The van der Waals surface area contributed by atoms with Gasteiger partial charge in [0.05, 0.1) is 19.2 Å². The first-order chi connectivity index (χ1) is 8.45. The molecule has 0 aliphatic rings. The number of hydrogen-bond donors (Lipinski definition) is 3. The van der Waals surface area contributed by atoms with E-state index in [2.05, 4.69) is 10.1 Å². The van der Waals surface area contributed by atoms with Crippen molar-refractivity contribution >= 4 is 17.6 Å². The summed E-state index contributed by atoms with van der Waals surface area (Å²) in [6, 6.07) is 5.05. The van der Waals surface area contributed by atoms with Crippen molar-refractivity contribution in [2.75, 3.05) is 19.4 Å². The number of nitrogens with two attached hydrogens (primary N) is 1. The van der Waals surface area contributed by atoms with Crippen molar-refractivity contribution in [1.29, 1.82) is 0 Å². The molecule has 0 fully saturated rings. The van der Waals surface area contributed by atoms with Gasteiger partial charge in [0.1, 0.15) is 0 Å². The molecule has 0 radical (unpaired) electrons. The number of benzene rings is 1. The van der Waals surface area contributed by atoms with Gasteiger partial charge in [0, 0.05) is 5.69 Å². The summed E-state index contributed by atoms with van der Waals surface area (Å²) >= 11 is 0. The van der Waals surface area contributed by atoms with E-state index in [9.17, 15) is 14.7 Å². The lowest BCUT2D eigenvalue weighted by Crippen LogP contribution is -2.37. The average molecular weight is 252 g/mol. The zero-order valence-corrected chi connectivity index (χ0v) is 10.3. The third-order valence-corrected chi connectivity index (χ3v) is 2.38. The molecule has 1 rings (SSSR count). The standard InChI is InChI=1S/C12H16N2O4/c1-7-3-4-9(13)8(5-7)11(16)14-6-10(15)12(17)18-2/h3-5,10,15H,6,13H2,1-2H3,(H,14,16). The van der Waals surface area contributed by atoms with Crippen LogP contribution < -0.4 is 11.1 Å². The fraction of sp³-hybridized carbons (Fsp3) is 0.333.